The molecule has 3 aromatic rings. The highest BCUT2D eigenvalue weighted by Crippen LogP contribution is 2.31. The molecule has 1 aromatic carbocycles. The number of fused-ring (bicyclic) bond motifs is 2. The Morgan fingerprint density at radius 2 is 2.05 bits per heavy atom. The Labute approximate surface area is 234 Å². The number of hydrogen-bond acceptors (Lipinski definition) is 7. The zero-order valence-electron chi connectivity index (χ0n) is 21.7. The minimum atomic E-state index is -1.37. The van der Waals surface area contributed by atoms with Crippen LogP contribution in [0.4, 0.5) is 4.39 Å². The number of aliphatic hydroxyl groups excluding tert-OH is 2. The number of carbonyl (C=O) groups is 1. The number of nitrogens with zero attached hydrogens (tertiary/aromatic N) is 4. The van der Waals surface area contributed by atoms with Gasteiger partial charge in [0.05, 0.1) is 22.3 Å². The smallest absolute Gasteiger partial charge is 0.253 e. The summed E-state index contributed by atoms with van der Waals surface area (Å²) in [6.07, 6.45) is 5.62. The number of halogens is 2. The summed E-state index contributed by atoms with van der Waals surface area (Å²) in [6, 6.07) is 6.67. The van der Waals surface area contributed by atoms with Gasteiger partial charge in [-0.2, -0.15) is 0 Å². The van der Waals surface area contributed by atoms with Crippen LogP contribution in [0.15, 0.2) is 41.0 Å². The van der Waals surface area contributed by atoms with Crippen LogP contribution in [0.2, 0.25) is 0 Å². The molecule has 5 rings (SSSR count). The third kappa shape index (κ3) is 5.67. The van der Waals surface area contributed by atoms with Gasteiger partial charge in [-0.3, -0.25) is 15.2 Å². The van der Waals surface area contributed by atoms with Crippen LogP contribution in [0.25, 0.3) is 16.5 Å². The average Bonchev–Trinajstić information content (AvgIpc) is 3.11. The minimum Gasteiger partial charge on any atom is -0.393 e. The van der Waals surface area contributed by atoms with Gasteiger partial charge >= 0.3 is 0 Å². The summed E-state index contributed by atoms with van der Waals surface area (Å²) in [5, 5.41) is 31.9. The molecular formula is C28H32BrFN6O3. The monoisotopic (exact) mass is 598 g/mol. The Morgan fingerprint density at radius 1 is 1.28 bits per heavy atom. The molecule has 2 aliphatic heterocycles. The van der Waals surface area contributed by atoms with Crippen LogP contribution in [0.5, 0.6) is 0 Å². The normalized spacial score (nSPS) is 18.9. The van der Waals surface area contributed by atoms with E-state index in [4.69, 9.17) is 15.5 Å². The Hall–Kier alpha value is -2.99. The molecule has 2 atom stereocenters. The number of benzene rings is 1. The van der Waals surface area contributed by atoms with Gasteiger partial charge < -0.3 is 25.0 Å². The van der Waals surface area contributed by atoms with Crippen molar-refractivity contribution in [3.8, 4) is 0 Å². The molecule has 39 heavy (non-hydrogen) atoms. The lowest BCUT2D eigenvalue weighted by Gasteiger charge is -2.33. The summed E-state index contributed by atoms with van der Waals surface area (Å²) in [4.78, 5) is 23.3. The maximum atomic E-state index is 13.9. The van der Waals surface area contributed by atoms with Gasteiger partial charge in [0.1, 0.15) is 17.1 Å². The number of pyridine rings is 1. The maximum Gasteiger partial charge on any atom is 0.253 e. The van der Waals surface area contributed by atoms with E-state index in [1.54, 1.807) is 17.2 Å². The van der Waals surface area contributed by atoms with Crippen LogP contribution in [0.3, 0.4) is 0 Å². The first-order valence-electron chi connectivity index (χ1n) is 13.2. The summed E-state index contributed by atoms with van der Waals surface area (Å²) in [7, 11) is 0. The van der Waals surface area contributed by atoms with Crippen molar-refractivity contribution in [2.75, 3.05) is 19.7 Å². The van der Waals surface area contributed by atoms with Crippen molar-refractivity contribution < 1.29 is 19.4 Å². The second-order valence-corrected chi connectivity index (χ2v) is 11.0. The molecule has 206 valence electrons. The molecule has 9 nitrogen and oxygen atoms in total. The highest BCUT2D eigenvalue weighted by molar-refractivity contribution is 9.10. The number of aromatic nitrogens is 3. The van der Waals surface area contributed by atoms with Gasteiger partial charge in [0.15, 0.2) is 6.10 Å². The van der Waals surface area contributed by atoms with Crippen molar-refractivity contribution in [1.82, 2.24) is 24.8 Å². The Balaban J connectivity index is 1.41. The Morgan fingerprint density at radius 3 is 2.79 bits per heavy atom. The lowest BCUT2D eigenvalue weighted by atomic mass is 10.0. The highest BCUT2D eigenvalue weighted by Gasteiger charge is 2.27. The van der Waals surface area contributed by atoms with Crippen molar-refractivity contribution in [3.05, 3.63) is 69.4 Å². The van der Waals surface area contributed by atoms with E-state index in [1.165, 1.54) is 12.1 Å². The van der Waals surface area contributed by atoms with E-state index in [-0.39, 0.29) is 17.9 Å². The predicted octanol–water partition coefficient (Wildman–Crippen LogP) is 3.03. The number of hydrogen-bond donors (Lipinski definition) is 4. The molecule has 11 heteroatoms. The molecule has 0 radical (unpaired) electrons. The number of likely N-dealkylation sites (tertiary alicyclic amines) is 1. The molecule has 2 aromatic heterocycles. The van der Waals surface area contributed by atoms with Crippen LogP contribution in [-0.2, 0) is 11.3 Å². The fourth-order valence-electron chi connectivity index (χ4n) is 5.34. The average molecular weight is 600 g/mol. The molecule has 2 unspecified atom stereocenters. The van der Waals surface area contributed by atoms with E-state index in [2.05, 4.69) is 39.2 Å². The summed E-state index contributed by atoms with van der Waals surface area (Å²) in [5.41, 5.74) is 3.46. The van der Waals surface area contributed by atoms with Crippen molar-refractivity contribution in [3.63, 3.8) is 0 Å². The Bertz CT molecular complexity index is 1480. The number of carbonyl (C=O) groups excluding carboxylic acids is 1. The van der Waals surface area contributed by atoms with Crippen molar-refractivity contribution >= 4 is 38.3 Å². The molecular weight excluding hydrogens is 567 g/mol. The predicted molar refractivity (Wildman–Crippen MR) is 148 cm³/mol. The molecule has 1 amide bonds. The summed E-state index contributed by atoms with van der Waals surface area (Å²) >= 11 is 3.62. The topological polar surface area (TPSA) is 127 Å². The zero-order valence-corrected chi connectivity index (χ0v) is 23.3. The largest absolute Gasteiger partial charge is 0.393 e. The Kier molecular flexibility index (Phi) is 8.22. The van der Waals surface area contributed by atoms with Crippen molar-refractivity contribution in [1.29, 1.82) is 5.41 Å². The second kappa shape index (κ2) is 11.6. The van der Waals surface area contributed by atoms with Gasteiger partial charge in [0.2, 0.25) is 0 Å². The van der Waals surface area contributed by atoms with Gasteiger partial charge in [-0.25, -0.2) is 9.37 Å². The number of nitrogens with one attached hydrogen (secondary N) is 2. The van der Waals surface area contributed by atoms with Gasteiger partial charge in [0, 0.05) is 54.4 Å². The molecule has 2 aliphatic rings. The fourth-order valence-corrected chi connectivity index (χ4v) is 5.76. The number of aliphatic hydroxyl groups is 2. The van der Waals surface area contributed by atoms with Gasteiger partial charge in [0.25, 0.3) is 5.91 Å². The fraction of sp³-hybridized carbons (Fsp3) is 0.429. The van der Waals surface area contributed by atoms with Gasteiger partial charge in [-0.15, -0.1) is 0 Å². The number of allylic oxidation sites excluding steroid dienone is 1. The van der Waals surface area contributed by atoms with Gasteiger partial charge in [-0.1, -0.05) is 6.08 Å². The SMILES string of the molecule is CC1CCC=C(c2cnc3ccc(F)cc3c2)c2nc(CNC3CCN(C(=O)C(O)CO)CC3)c(Br)c(=N)n21. The van der Waals surface area contributed by atoms with Crippen molar-refractivity contribution in [2.24, 2.45) is 0 Å². The first-order chi connectivity index (χ1) is 18.8. The maximum absolute atomic E-state index is 13.9. The van der Waals surface area contributed by atoms with Crippen LogP contribution in [-0.4, -0.2) is 67.4 Å². The molecule has 0 bridgehead atoms. The van der Waals surface area contributed by atoms with Crippen LogP contribution >= 0.6 is 15.9 Å². The third-order valence-electron chi connectivity index (χ3n) is 7.56. The first kappa shape index (κ1) is 27.6. The molecule has 0 spiro atoms. The van der Waals surface area contributed by atoms with E-state index < -0.39 is 18.6 Å². The highest BCUT2D eigenvalue weighted by atomic mass is 79.9. The van der Waals surface area contributed by atoms with Crippen LogP contribution in [0, 0.1) is 11.2 Å². The van der Waals surface area contributed by atoms with E-state index >= 15 is 0 Å². The summed E-state index contributed by atoms with van der Waals surface area (Å²) in [6.45, 7) is 2.92. The quantitative estimate of drug-likeness (QED) is 0.345. The van der Waals surface area contributed by atoms with Crippen LogP contribution in [0.1, 0.15) is 55.7 Å². The molecule has 0 saturated carbocycles. The lowest BCUT2D eigenvalue weighted by Crippen LogP contribution is -2.48. The van der Waals surface area contributed by atoms with Crippen LogP contribution < -0.4 is 10.8 Å². The van der Waals surface area contributed by atoms with Crippen molar-refractivity contribution in [2.45, 2.75) is 57.3 Å². The van der Waals surface area contributed by atoms with Gasteiger partial charge in [-0.05, 0) is 72.8 Å². The molecule has 1 fully saturated rings. The summed E-state index contributed by atoms with van der Waals surface area (Å²) < 4.78 is 16.5. The van der Waals surface area contributed by atoms with E-state index in [9.17, 15) is 14.3 Å². The molecule has 4 N–H and O–H groups in total. The van der Waals surface area contributed by atoms with E-state index in [1.807, 2.05) is 10.6 Å². The zero-order chi connectivity index (χ0) is 27.7. The number of amides is 1. The molecule has 1 saturated heterocycles. The third-order valence-corrected chi connectivity index (χ3v) is 8.40. The first-order valence-corrected chi connectivity index (χ1v) is 14.0. The second-order valence-electron chi connectivity index (χ2n) is 10.2. The number of rotatable bonds is 6. The summed E-state index contributed by atoms with van der Waals surface area (Å²) in [5.74, 6) is -0.0781. The molecule has 4 heterocycles. The van der Waals surface area contributed by atoms with E-state index in [0.29, 0.717) is 64.9 Å². The lowest BCUT2D eigenvalue weighted by molar-refractivity contribution is -0.143. The standard InChI is InChI=1S/C28H32BrFN6O3/c1-16-3-2-4-21(18-11-17-12-19(30)5-6-22(17)33-13-18)27-34-23(25(29)26(31)36(16)27)14-32-20-7-9-35(10-8-20)28(39)24(38)15-37/h4-6,11-13,16,20,24,31-32,37-38H,2-3,7-10,14-15H2,1H3. The number of piperidine rings is 1. The molecule has 0 aliphatic carbocycles. The minimum absolute atomic E-state index is 0.0639. The van der Waals surface area contributed by atoms with E-state index in [0.717, 1.165) is 24.0 Å².